The van der Waals surface area contributed by atoms with Gasteiger partial charge in [0.15, 0.2) is 11.6 Å². The number of halogens is 3. The van der Waals surface area contributed by atoms with Crippen LogP contribution in [0, 0.1) is 11.6 Å². The molecule has 0 fully saturated rings. The predicted octanol–water partition coefficient (Wildman–Crippen LogP) is 3.88. The Balaban J connectivity index is 2.13. The van der Waals surface area contributed by atoms with E-state index in [0.29, 0.717) is 12.2 Å². The van der Waals surface area contributed by atoms with Crippen molar-refractivity contribution in [2.75, 3.05) is 7.11 Å². The van der Waals surface area contributed by atoms with Crippen LogP contribution in [-0.2, 0) is 12.8 Å². The van der Waals surface area contributed by atoms with Gasteiger partial charge < -0.3 is 9.84 Å². The van der Waals surface area contributed by atoms with Gasteiger partial charge in [-0.3, -0.25) is 0 Å². The number of rotatable bonds is 5. The Morgan fingerprint density at radius 1 is 1.14 bits per heavy atom. The molecule has 0 saturated carbocycles. The lowest BCUT2D eigenvalue weighted by molar-refractivity contribution is 0.172. The van der Waals surface area contributed by atoms with Gasteiger partial charge in [-0.1, -0.05) is 28.1 Å². The second-order valence-corrected chi connectivity index (χ2v) is 5.65. The molecule has 0 saturated heterocycles. The molecule has 0 heterocycles. The number of aliphatic hydroxyl groups excluding tert-OH is 1. The fourth-order valence-electron chi connectivity index (χ4n) is 2.19. The molecule has 2 rings (SSSR count). The van der Waals surface area contributed by atoms with Gasteiger partial charge in [-0.05, 0) is 35.4 Å². The van der Waals surface area contributed by atoms with Crippen LogP contribution in [0.3, 0.4) is 0 Å². The van der Waals surface area contributed by atoms with E-state index in [-0.39, 0.29) is 12.0 Å². The van der Waals surface area contributed by atoms with E-state index in [1.165, 1.54) is 12.1 Å². The zero-order chi connectivity index (χ0) is 15.4. The Labute approximate surface area is 130 Å². The van der Waals surface area contributed by atoms with Gasteiger partial charge >= 0.3 is 0 Å². The van der Waals surface area contributed by atoms with Crippen molar-refractivity contribution >= 4 is 15.9 Å². The molecule has 0 radical (unpaired) electrons. The first-order valence-corrected chi connectivity index (χ1v) is 7.24. The number of methoxy groups -OCH3 is 1. The van der Waals surface area contributed by atoms with Crippen molar-refractivity contribution in [2.45, 2.75) is 18.9 Å². The lowest BCUT2D eigenvalue weighted by atomic mass is 10.0. The maximum atomic E-state index is 13.6. The zero-order valence-corrected chi connectivity index (χ0v) is 13.0. The standard InChI is InChI=1S/C16H15BrF2O2/c1-21-15-6-5-12(17)7-11(15)9-13(20)8-10-3-2-4-14(18)16(10)19/h2-7,13,20H,8-9H2,1H3. The van der Waals surface area contributed by atoms with Crippen LogP contribution in [0.5, 0.6) is 5.75 Å². The summed E-state index contributed by atoms with van der Waals surface area (Å²) < 4.78 is 32.8. The third kappa shape index (κ3) is 4.02. The molecule has 112 valence electrons. The molecular weight excluding hydrogens is 342 g/mol. The van der Waals surface area contributed by atoms with E-state index in [9.17, 15) is 13.9 Å². The van der Waals surface area contributed by atoms with Crippen LogP contribution >= 0.6 is 15.9 Å². The highest BCUT2D eigenvalue weighted by molar-refractivity contribution is 9.10. The molecular formula is C16H15BrF2O2. The van der Waals surface area contributed by atoms with E-state index in [1.807, 2.05) is 12.1 Å². The summed E-state index contributed by atoms with van der Waals surface area (Å²) >= 11 is 3.36. The van der Waals surface area contributed by atoms with Crippen LogP contribution in [0.4, 0.5) is 8.78 Å². The number of hydrogen-bond acceptors (Lipinski definition) is 2. The second-order valence-electron chi connectivity index (χ2n) is 4.73. The fourth-order valence-corrected chi connectivity index (χ4v) is 2.60. The average molecular weight is 357 g/mol. The van der Waals surface area contributed by atoms with Crippen molar-refractivity contribution in [2.24, 2.45) is 0 Å². The molecule has 0 spiro atoms. The van der Waals surface area contributed by atoms with Gasteiger partial charge in [0.2, 0.25) is 0 Å². The summed E-state index contributed by atoms with van der Waals surface area (Å²) in [5.74, 6) is -1.16. The summed E-state index contributed by atoms with van der Waals surface area (Å²) in [6.45, 7) is 0. The van der Waals surface area contributed by atoms with Crippen molar-refractivity contribution < 1.29 is 18.6 Å². The normalized spacial score (nSPS) is 12.2. The number of benzene rings is 2. The molecule has 0 amide bonds. The maximum absolute atomic E-state index is 13.6. The number of ether oxygens (including phenoxy) is 1. The monoisotopic (exact) mass is 356 g/mol. The first-order valence-electron chi connectivity index (χ1n) is 6.44. The van der Waals surface area contributed by atoms with Gasteiger partial charge in [0, 0.05) is 17.3 Å². The van der Waals surface area contributed by atoms with E-state index in [1.54, 1.807) is 13.2 Å². The van der Waals surface area contributed by atoms with Crippen molar-refractivity contribution in [3.63, 3.8) is 0 Å². The van der Waals surface area contributed by atoms with Crippen LogP contribution in [0.2, 0.25) is 0 Å². The third-order valence-electron chi connectivity index (χ3n) is 3.19. The molecule has 2 aromatic carbocycles. The third-order valence-corrected chi connectivity index (χ3v) is 3.68. The number of aliphatic hydroxyl groups is 1. The highest BCUT2D eigenvalue weighted by Gasteiger charge is 2.15. The summed E-state index contributed by atoms with van der Waals surface area (Å²) in [6.07, 6.45) is -0.498. The molecule has 0 aliphatic carbocycles. The molecule has 0 aliphatic heterocycles. The van der Waals surface area contributed by atoms with Gasteiger partial charge in [-0.15, -0.1) is 0 Å². The van der Waals surface area contributed by atoms with Gasteiger partial charge in [0.25, 0.3) is 0 Å². The lowest BCUT2D eigenvalue weighted by Gasteiger charge is -2.14. The summed E-state index contributed by atoms with van der Waals surface area (Å²) in [4.78, 5) is 0. The van der Waals surface area contributed by atoms with E-state index >= 15 is 0 Å². The molecule has 0 aliphatic rings. The molecule has 5 heteroatoms. The second kappa shape index (κ2) is 7.00. The van der Waals surface area contributed by atoms with E-state index in [2.05, 4.69) is 15.9 Å². The molecule has 1 atom stereocenters. The predicted molar refractivity (Wildman–Crippen MR) is 80.5 cm³/mol. The highest BCUT2D eigenvalue weighted by Crippen LogP contribution is 2.25. The van der Waals surface area contributed by atoms with Crippen LogP contribution in [-0.4, -0.2) is 18.3 Å². The first-order chi connectivity index (χ1) is 10.0. The Hall–Kier alpha value is -1.46. The Kier molecular flexibility index (Phi) is 5.31. The van der Waals surface area contributed by atoms with Crippen LogP contribution in [0.15, 0.2) is 40.9 Å². The zero-order valence-electron chi connectivity index (χ0n) is 11.4. The van der Waals surface area contributed by atoms with E-state index < -0.39 is 17.7 Å². The molecule has 0 aromatic heterocycles. The average Bonchev–Trinajstić information content (AvgIpc) is 2.44. The van der Waals surface area contributed by atoms with Crippen LogP contribution in [0.1, 0.15) is 11.1 Å². The summed E-state index contributed by atoms with van der Waals surface area (Å²) in [5.41, 5.74) is 0.965. The summed E-state index contributed by atoms with van der Waals surface area (Å²) in [6, 6.07) is 9.42. The van der Waals surface area contributed by atoms with E-state index in [0.717, 1.165) is 16.1 Å². The smallest absolute Gasteiger partial charge is 0.162 e. The molecule has 21 heavy (non-hydrogen) atoms. The Bertz CT molecular complexity index is 632. The SMILES string of the molecule is COc1ccc(Br)cc1CC(O)Cc1cccc(F)c1F. The first kappa shape index (κ1) is 15.9. The van der Waals surface area contributed by atoms with Crippen LogP contribution in [0.25, 0.3) is 0 Å². The minimum atomic E-state index is -0.905. The topological polar surface area (TPSA) is 29.5 Å². The van der Waals surface area contributed by atoms with Gasteiger partial charge in [-0.25, -0.2) is 8.78 Å². The van der Waals surface area contributed by atoms with E-state index in [4.69, 9.17) is 4.74 Å². The highest BCUT2D eigenvalue weighted by atomic mass is 79.9. The minimum absolute atomic E-state index is 0.0409. The molecule has 0 bridgehead atoms. The van der Waals surface area contributed by atoms with Crippen molar-refractivity contribution in [3.05, 3.63) is 63.6 Å². The summed E-state index contributed by atoms with van der Waals surface area (Å²) in [5, 5.41) is 10.1. The fraction of sp³-hybridized carbons (Fsp3) is 0.250. The van der Waals surface area contributed by atoms with Crippen LogP contribution < -0.4 is 4.74 Å². The summed E-state index contributed by atoms with van der Waals surface area (Å²) in [7, 11) is 1.55. The molecule has 1 N–H and O–H groups in total. The molecule has 1 unspecified atom stereocenters. The van der Waals surface area contributed by atoms with Crippen molar-refractivity contribution in [3.8, 4) is 5.75 Å². The largest absolute Gasteiger partial charge is 0.496 e. The minimum Gasteiger partial charge on any atom is -0.496 e. The van der Waals surface area contributed by atoms with Gasteiger partial charge in [0.05, 0.1) is 13.2 Å². The van der Waals surface area contributed by atoms with Gasteiger partial charge in [-0.2, -0.15) is 0 Å². The Morgan fingerprint density at radius 3 is 2.57 bits per heavy atom. The number of hydrogen-bond donors (Lipinski definition) is 1. The van der Waals surface area contributed by atoms with Crippen molar-refractivity contribution in [1.82, 2.24) is 0 Å². The Morgan fingerprint density at radius 2 is 1.86 bits per heavy atom. The molecule has 2 aromatic rings. The molecule has 2 nitrogen and oxygen atoms in total. The van der Waals surface area contributed by atoms with Crippen molar-refractivity contribution in [1.29, 1.82) is 0 Å². The maximum Gasteiger partial charge on any atom is 0.162 e. The van der Waals surface area contributed by atoms with Gasteiger partial charge in [0.1, 0.15) is 5.75 Å². The lowest BCUT2D eigenvalue weighted by Crippen LogP contribution is -2.15. The quantitative estimate of drug-likeness (QED) is 0.880.